The van der Waals surface area contributed by atoms with E-state index in [4.69, 9.17) is 10.8 Å². The largest absolute Gasteiger partial charge is 0.478 e. The highest BCUT2D eigenvalue weighted by atomic mass is 35.5. The van der Waals surface area contributed by atoms with Gasteiger partial charge in [-0.1, -0.05) is 6.07 Å². The zero-order chi connectivity index (χ0) is 10.3. The van der Waals surface area contributed by atoms with E-state index < -0.39 is 5.97 Å². The fourth-order valence-corrected chi connectivity index (χ4v) is 1.75. The number of hydrogen-bond donors (Lipinski definition) is 2. The fraction of sp³-hybridized carbons (Fsp3) is 0.364. The quantitative estimate of drug-likeness (QED) is 0.812. The van der Waals surface area contributed by atoms with Crippen molar-refractivity contribution in [3.63, 3.8) is 0 Å². The van der Waals surface area contributed by atoms with E-state index in [1.807, 2.05) is 13.0 Å². The Hall–Kier alpha value is -1.06. The molecule has 4 heteroatoms. The van der Waals surface area contributed by atoms with Gasteiger partial charge in [0.1, 0.15) is 0 Å². The van der Waals surface area contributed by atoms with E-state index in [9.17, 15) is 4.79 Å². The molecule has 82 valence electrons. The molecule has 0 heterocycles. The van der Waals surface area contributed by atoms with Crippen LogP contribution in [0.3, 0.4) is 0 Å². The summed E-state index contributed by atoms with van der Waals surface area (Å²) in [4.78, 5) is 10.8. The molecule has 1 fully saturated rings. The van der Waals surface area contributed by atoms with Gasteiger partial charge in [-0.15, -0.1) is 12.4 Å². The van der Waals surface area contributed by atoms with Crippen LogP contribution in [0.15, 0.2) is 18.2 Å². The third kappa shape index (κ3) is 2.30. The second-order valence-corrected chi connectivity index (χ2v) is 3.88. The topological polar surface area (TPSA) is 63.3 Å². The predicted octanol–water partition coefficient (Wildman–Crippen LogP) is 1.93. The van der Waals surface area contributed by atoms with E-state index in [1.165, 1.54) is 0 Å². The Morgan fingerprint density at radius 1 is 1.53 bits per heavy atom. The van der Waals surface area contributed by atoms with Crippen LogP contribution in [0.2, 0.25) is 0 Å². The van der Waals surface area contributed by atoms with Crippen LogP contribution < -0.4 is 5.73 Å². The highest BCUT2D eigenvalue weighted by Gasteiger charge is 2.35. The number of hydrogen-bond acceptors (Lipinski definition) is 2. The van der Waals surface area contributed by atoms with Crippen molar-refractivity contribution in [1.82, 2.24) is 0 Å². The van der Waals surface area contributed by atoms with Crippen molar-refractivity contribution >= 4 is 18.4 Å². The lowest BCUT2D eigenvalue weighted by atomic mass is 10.0. The lowest BCUT2D eigenvalue weighted by Crippen LogP contribution is -2.04. The van der Waals surface area contributed by atoms with Crippen LogP contribution in [0.4, 0.5) is 0 Å². The summed E-state index contributed by atoms with van der Waals surface area (Å²) in [5, 5.41) is 8.84. The number of nitrogens with two attached hydrogens (primary N) is 1. The number of carbonyl (C=O) groups is 1. The molecule has 3 N–H and O–H groups in total. The highest BCUT2D eigenvalue weighted by Crippen LogP contribution is 2.40. The molecule has 0 aliphatic heterocycles. The van der Waals surface area contributed by atoms with Gasteiger partial charge in [0.05, 0.1) is 5.56 Å². The summed E-state index contributed by atoms with van der Waals surface area (Å²) in [6.07, 6.45) is 0.976. The predicted molar refractivity (Wildman–Crippen MR) is 60.7 cm³/mol. The van der Waals surface area contributed by atoms with Crippen LogP contribution in [0.25, 0.3) is 0 Å². The molecule has 2 rings (SSSR count). The number of rotatable bonds is 2. The Kier molecular flexibility index (Phi) is 3.37. The van der Waals surface area contributed by atoms with Crippen molar-refractivity contribution in [2.75, 3.05) is 0 Å². The van der Waals surface area contributed by atoms with Crippen molar-refractivity contribution < 1.29 is 9.90 Å². The van der Waals surface area contributed by atoms with Crippen molar-refractivity contribution in [2.45, 2.75) is 25.3 Å². The van der Waals surface area contributed by atoms with E-state index in [1.54, 1.807) is 12.1 Å². The van der Waals surface area contributed by atoms with Crippen molar-refractivity contribution in [2.24, 2.45) is 5.73 Å². The van der Waals surface area contributed by atoms with Crippen molar-refractivity contribution in [1.29, 1.82) is 0 Å². The molecule has 15 heavy (non-hydrogen) atoms. The van der Waals surface area contributed by atoms with Gasteiger partial charge < -0.3 is 10.8 Å². The molecule has 1 aliphatic carbocycles. The molecule has 1 aliphatic rings. The molecule has 0 aromatic heterocycles. The van der Waals surface area contributed by atoms with Gasteiger partial charge in [0, 0.05) is 12.0 Å². The van der Waals surface area contributed by atoms with Gasteiger partial charge in [-0.2, -0.15) is 0 Å². The van der Waals surface area contributed by atoms with Crippen LogP contribution in [-0.4, -0.2) is 17.1 Å². The van der Waals surface area contributed by atoms with Crippen molar-refractivity contribution in [3.05, 3.63) is 34.9 Å². The zero-order valence-corrected chi connectivity index (χ0v) is 9.25. The summed E-state index contributed by atoms with van der Waals surface area (Å²) in [7, 11) is 0. The maximum Gasteiger partial charge on any atom is 0.335 e. The first-order chi connectivity index (χ1) is 6.59. The minimum Gasteiger partial charge on any atom is -0.478 e. The van der Waals surface area contributed by atoms with Gasteiger partial charge in [-0.3, -0.25) is 0 Å². The summed E-state index contributed by atoms with van der Waals surface area (Å²) < 4.78 is 0. The van der Waals surface area contributed by atoms with E-state index >= 15 is 0 Å². The minimum absolute atomic E-state index is 0. The summed E-state index contributed by atoms with van der Waals surface area (Å²) in [6, 6.07) is 5.45. The Labute approximate surface area is 94.7 Å². The summed E-state index contributed by atoms with van der Waals surface area (Å²) in [5.41, 5.74) is 8.32. The zero-order valence-electron chi connectivity index (χ0n) is 8.43. The monoisotopic (exact) mass is 227 g/mol. The molecular formula is C11H14ClNO2. The Morgan fingerprint density at radius 3 is 2.60 bits per heavy atom. The van der Waals surface area contributed by atoms with Crippen LogP contribution in [0.1, 0.15) is 33.8 Å². The normalized spacial score (nSPS) is 23.1. The van der Waals surface area contributed by atoms with Gasteiger partial charge in [-0.25, -0.2) is 4.79 Å². The molecule has 1 saturated carbocycles. The van der Waals surface area contributed by atoms with E-state index in [2.05, 4.69) is 0 Å². The van der Waals surface area contributed by atoms with Crippen LogP contribution in [0, 0.1) is 6.92 Å². The second-order valence-electron chi connectivity index (χ2n) is 3.88. The molecule has 0 unspecified atom stereocenters. The molecule has 3 nitrogen and oxygen atoms in total. The molecule has 1 aromatic carbocycles. The molecule has 0 amide bonds. The van der Waals surface area contributed by atoms with E-state index in [-0.39, 0.29) is 18.4 Å². The first-order valence-corrected chi connectivity index (χ1v) is 4.69. The van der Waals surface area contributed by atoms with Crippen molar-refractivity contribution in [3.8, 4) is 0 Å². The van der Waals surface area contributed by atoms with Crippen LogP contribution >= 0.6 is 12.4 Å². The highest BCUT2D eigenvalue weighted by molar-refractivity contribution is 5.88. The third-order valence-corrected chi connectivity index (χ3v) is 2.77. The average molecular weight is 228 g/mol. The molecule has 0 spiro atoms. The molecule has 0 saturated heterocycles. The number of carboxylic acids is 1. The molecule has 0 bridgehead atoms. The summed E-state index contributed by atoms with van der Waals surface area (Å²) in [5.74, 6) is -0.505. The Balaban J connectivity index is 0.00000112. The lowest BCUT2D eigenvalue weighted by Gasteiger charge is -2.05. The first kappa shape index (κ1) is 12.0. The van der Waals surface area contributed by atoms with Gasteiger partial charge in [-0.05, 0) is 36.6 Å². The van der Waals surface area contributed by atoms with E-state index in [0.717, 1.165) is 17.5 Å². The van der Waals surface area contributed by atoms with Gasteiger partial charge in [0.25, 0.3) is 0 Å². The number of halogens is 1. The van der Waals surface area contributed by atoms with Gasteiger partial charge >= 0.3 is 5.97 Å². The lowest BCUT2D eigenvalue weighted by molar-refractivity contribution is 0.0697. The van der Waals surface area contributed by atoms with Gasteiger partial charge in [0.15, 0.2) is 0 Å². The summed E-state index contributed by atoms with van der Waals surface area (Å²) in [6.45, 7) is 1.99. The SMILES string of the molecule is Cc1ccc(C(=O)O)cc1[C@@H]1C[C@H]1N.Cl. The van der Waals surface area contributed by atoms with Crippen LogP contribution in [0.5, 0.6) is 0 Å². The molecule has 2 atom stereocenters. The number of carboxylic acid groups (broad SMARTS) is 1. The molecule has 1 aromatic rings. The van der Waals surface area contributed by atoms with Gasteiger partial charge in [0.2, 0.25) is 0 Å². The Morgan fingerprint density at radius 2 is 2.13 bits per heavy atom. The maximum atomic E-state index is 10.8. The van der Waals surface area contributed by atoms with E-state index in [0.29, 0.717) is 11.5 Å². The van der Waals surface area contributed by atoms with Crippen LogP contribution in [-0.2, 0) is 0 Å². The smallest absolute Gasteiger partial charge is 0.335 e. The number of benzene rings is 1. The third-order valence-electron chi connectivity index (χ3n) is 2.77. The average Bonchev–Trinajstić information content (AvgIpc) is 2.83. The number of aromatic carboxylic acids is 1. The maximum absolute atomic E-state index is 10.8. The first-order valence-electron chi connectivity index (χ1n) is 4.69. The molecule has 0 radical (unpaired) electrons. The Bertz CT molecular complexity index is 392. The molecular weight excluding hydrogens is 214 g/mol. The minimum atomic E-state index is -0.875. The fourth-order valence-electron chi connectivity index (χ4n) is 1.75. The number of aryl methyl sites for hydroxylation is 1. The second kappa shape index (κ2) is 4.21. The standard InChI is InChI=1S/C11H13NO2.ClH/c1-6-2-3-7(11(13)14)4-8(6)9-5-10(9)12;/h2-4,9-10H,5,12H2,1H3,(H,13,14);1H/t9-,10+;/m0./s1. The summed E-state index contributed by atoms with van der Waals surface area (Å²) >= 11 is 0.